The maximum Gasteiger partial charge on any atom is 0.0730 e. The largest absolute Gasteiger partial charge is 0.389 e. The fraction of sp³-hybridized carbons (Fsp3) is 0.667. The third-order valence-corrected chi connectivity index (χ3v) is 1.74. The van der Waals surface area contributed by atoms with E-state index in [2.05, 4.69) is 25.7 Å². The van der Waals surface area contributed by atoms with Crippen LogP contribution in [0.5, 0.6) is 0 Å². The van der Waals surface area contributed by atoms with E-state index < -0.39 is 0 Å². The van der Waals surface area contributed by atoms with E-state index in [0.717, 1.165) is 19.3 Å². The van der Waals surface area contributed by atoms with Gasteiger partial charge in [-0.15, -0.1) is 0 Å². The number of hydrogen-bond donors (Lipinski definition) is 1. The maximum atomic E-state index is 9.30. The minimum absolute atomic E-state index is 0.314. The summed E-state index contributed by atoms with van der Waals surface area (Å²) in [6.07, 6.45) is 8.37. The number of unbranched alkanes of at least 4 members (excludes halogenated alkanes) is 2. The van der Waals surface area contributed by atoms with Gasteiger partial charge >= 0.3 is 0 Å². The molecule has 0 aromatic heterocycles. The van der Waals surface area contributed by atoms with E-state index in [1.165, 1.54) is 12.8 Å². The summed E-state index contributed by atoms with van der Waals surface area (Å²) in [4.78, 5) is 0. The lowest BCUT2D eigenvalue weighted by atomic mass is 10.2. The van der Waals surface area contributed by atoms with Gasteiger partial charge in [-0.05, 0) is 25.0 Å². The van der Waals surface area contributed by atoms with E-state index in [-0.39, 0.29) is 6.10 Å². The van der Waals surface area contributed by atoms with Gasteiger partial charge in [0.1, 0.15) is 0 Å². The molecule has 74 valence electrons. The highest BCUT2D eigenvalue weighted by molar-refractivity contribution is 5.16. The Kier molecular flexibility index (Phi) is 8.82. The van der Waals surface area contributed by atoms with Crippen LogP contribution in [0.1, 0.15) is 46.0 Å². The number of aliphatic hydroxyl groups excluding tert-OH is 1. The average molecular weight is 180 g/mol. The van der Waals surface area contributed by atoms with Crippen LogP contribution in [0.3, 0.4) is 0 Å². The normalized spacial score (nSPS) is 12.5. The number of hydrogen-bond acceptors (Lipinski definition) is 1. The molecule has 1 N–H and O–H groups in total. The fourth-order valence-corrected chi connectivity index (χ4v) is 0.947. The molecule has 0 spiro atoms. The molecule has 13 heavy (non-hydrogen) atoms. The summed E-state index contributed by atoms with van der Waals surface area (Å²) in [5, 5.41) is 9.30. The first-order valence-corrected chi connectivity index (χ1v) is 5.14. The van der Waals surface area contributed by atoms with Crippen LogP contribution in [-0.2, 0) is 0 Å². The van der Waals surface area contributed by atoms with E-state index in [4.69, 9.17) is 0 Å². The molecule has 0 bridgehead atoms. The van der Waals surface area contributed by atoms with Crippen molar-refractivity contribution in [3.05, 3.63) is 12.2 Å². The Morgan fingerprint density at radius 1 is 1.31 bits per heavy atom. The van der Waals surface area contributed by atoms with Gasteiger partial charge in [-0.25, -0.2) is 0 Å². The first-order valence-electron chi connectivity index (χ1n) is 5.14. The van der Waals surface area contributed by atoms with E-state index >= 15 is 0 Å². The summed E-state index contributed by atoms with van der Waals surface area (Å²) < 4.78 is 0. The SMILES string of the molecule is CCCCC#C/C=C/C(O)CCC. The molecule has 0 aliphatic rings. The summed E-state index contributed by atoms with van der Waals surface area (Å²) in [5.41, 5.74) is 0. The molecule has 1 unspecified atom stereocenters. The second-order valence-electron chi connectivity index (χ2n) is 3.14. The van der Waals surface area contributed by atoms with Crippen LogP contribution in [0, 0.1) is 11.8 Å². The van der Waals surface area contributed by atoms with Gasteiger partial charge in [-0.3, -0.25) is 0 Å². The lowest BCUT2D eigenvalue weighted by Gasteiger charge is -1.99. The maximum absolute atomic E-state index is 9.30. The second-order valence-corrected chi connectivity index (χ2v) is 3.14. The summed E-state index contributed by atoms with van der Waals surface area (Å²) in [6, 6.07) is 0. The van der Waals surface area contributed by atoms with E-state index in [0.29, 0.717) is 0 Å². The van der Waals surface area contributed by atoms with Gasteiger partial charge in [0.2, 0.25) is 0 Å². The third-order valence-electron chi connectivity index (χ3n) is 1.74. The Morgan fingerprint density at radius 2 is 2.08 bits per heavy atom. The third kappa shape index (κ3) is 9.17. The van der Waals surface area contributed by atoms with Crippen molar-refractivity contribution >= 4 is 0 Å². The van der Waals surface area contributed by atoms with Crippen molar-refractivity contribution in [3.63, 3.8) is 0 Å². The highest BCUT2D eigenvalue weighted by Gasteiger charge is 1.93. The van der Waals surface area contributed by atoms with Crippen LogP contribution in [-0.4, -0.2) is 11.2 Å². The van der Waals surface area contributed by atoms with Crippen molar-refractivity contribution in [2.45, 2.75) is 52.1 Å². The zero-order chi connectivity index (χ0) is 9.94. The highest BCUT2D eigenvalue weighted by atomic mass is 16.3. The van der Waals surface area contributed by atoms with Gasteiger partial charge in [0.05, 0.1) is 6.10 Å². The number of aliphatic hydroxyl groups is 1. The number of rotatable bonds is 5. The molecule has 0 aliphatic carbocycles. The molecule has 0 fully saturated rings. The zero-order valence-corrected chi connectivity index (χ0v) is 8.71. The van der Waals surface area contributed by atoms with E-state index in [1.807, 2.05) is 0 Å². The number of allylic oxidation sites excluding steroid dienone is 1. The van der Waals surface area contributed by atoms with Crippen molar-refractivity contribution in [1.29, 1.82) is 0 Å². The van der Waals surface area contributed by atoms with E-state index in [1.54, 1.807) is 12.2 Å². The molecule has 0 aliphatic heterocycles. The smallest absolute Gasteiger partial charge is 0.0730 e. The van der Waals surface area contributed by atoms with E-state index in [9.17, 15) is 5.11 Å². The highest BCUT2D eigenvalue weighted by Crippen LogP contribution is 1.96. The van der Waals surface area contributed by atoms with Gasteiger partial charge in [0.15, 0.2) is 0 Å². The molecular formula is C12H20O. The Bertz CT molecular complexity index is 183. The lowest BCUT2D eigenvalue weighted by molar-refractivity contribution is 0.211. The molecule has 0 rings (SSSR count). The second kappa shape index (κ2) is 9.35. The minimum Gasteiger partial charge on any atom is -0.389 e. The van der Waals surface area contributed by atoms with Gasteiger partial charge in [0, 0.05) is 6.42 Å². The Morgan fingerprint density at radius 3 is 2.69 bits per heavy atom. The molecule has 0 saturated heterocycles. The van der Waals surface area contributed by atoms with Crippen molar-refractivity contribution in [3.8, 4) is 11.8 Å². The fourth-order valence-electron chi connectivity index (χ4n) is 0.947. The molecule has 0 amide bonds. The molecule has 1 heteroatoms. The van der Waals surface area contributed by atoms with Gasteiger partial charge in [0.25, 0.3) is 0 Å². The van der Waals surface area contributed by atoms with Crippen LogP contribution in [0.4, 0.5) is 0 Å². The minimum atomic E-state index is -0.314. The van der Waals surface area contributed by atoms with Gasteiger partial charge in [-0.1, -0.05) is 38.5 Å². The quantitative estimate of drug-likeness (QED) is 0.509. The monoisotopic (exact) mass is 180 g/mol. The van der Waals surface area contributed by atoms with Crippen molar-refractivity contribution in [2.24, 2.45) is 0 Å². The zero-order valence-electron chi connectivity index (χ0n) is 8.71. The first-order chi connectivity index (χ1) is 6.31. The average Bonchev–Trinajstić information content (AvgIpc) is 2.11. The topological polar surface area (TPSA) is 20.2 Å². The molecule has 1 nitrogen and oxygen atoms in total. The summed E-state index contributed by atoms with van der Waals surface area (Å²) in [6.45, 7) is 4.21. The first kappa shape index (κ1) is 12.3. The summed E-state index contributed by atoms with van der Waals surface area (Å²) in [7, 11) is 0. The molecule has 1 atom stereocenters. The van der Waals surface area contributed by atoms with Crippen LogP contribution in [0.15, 0.2) is 12.2 Å². The molecule has 0 heterocycles. The van der Waals surface area contributed by atoms with Crippen molar-refractivity contribution in [2.75, 3.05) is 0 Å². The summed E-state index contributed by atoms with van der Waals surface area (Å²) in [5.74, 6) is 5.95. The van der Waals surface area contributed by atoms with Gasteiger partial charge in [-0.2, -0.15) is 0 Å². The molecule has 0 aromatic rings. The van der Waals surface area contributed by atoms with Crippen molar-refractivity contribution in [1.82, 2.24) is 0 Å². The summed E-state index contributed by atoms with van der Waals surface area (Å²) >= 11 is 0. The van der Waals surface area contributed by atoms with Crippen molar-refractivity contribution < 1.29 is 5.11 Å². The van der Waals surface area contributed by atoms with Crippen LogP contribution < -0.4 is 0 Å². The molecule has 0 aromatic carbocycles. The molecule has 0 saturated carbocycles. The standard InChI is InChI=1S/C12H20O/c1-3-5-6-7-8-9-11-12(13)10-4-2/h9,11-13H,3-6,10H2,1-2H3/b11-9+. The Labute approximate surface area is 81.9 Å². The van der Waals surface area contributed by atoms with Gasteiger partial charge < -0.3 is 5.11 Å². The predicted octanol–water partition coefficient (Wildman–Crippen LogP) is 2.90. The Hall–Kier alpha value is -0.740. The van der Waals surface area contributed by atoms with Crippen LogP contribution >= 0.6 is 0 Å². The van der Waals surface area contributed by atoms with Crippen LogP contribution in [0.25, 0.3) is 0 Å². The molecular weight excluding hydrogens is 160 g/mol. The Balaban J connectivity index is 3.52. The molecule has 0 radical (unpaired) electrons. The lowest BCUT2D eigenvalue weighted by Crippen LogP contribution is -1.99. The van der Waals surface area contributed by atoms with Crippen LogP contribution in [0.2, 0.25) is 0 Å². The predicted molar refractivity (Wildman–Crippen MR) is 57.4 cm³/mol.